The Hall–Kier alpha value is -1.35. The fraction of sp³-hybridized carbons (Fsp3) is 0.611. The predicted octanol–water partition coefficient (Wildman–Crippen LogP) is 4.43. The lowest BCUT2D eigenvalue weighted by Gasteiger charge is -2.21. The third-order valence-electron chi connectivity index (χ3n) is 4.43. The van der Waals surface area contributed by atoms with Crippen LogP contribution in [0.25, 0.3) is 0 Å². The number of benzene rings is 1. The Bertz CT molecular complexity index is 450. The van der Waals surface area contributed by atoms with Crippen LogP contribution in [0.4, 0.5) is 5.69 Å². The van der Waals surface area contributed by atoms with Crippen LogP contribution >= 0.6 is 0 Å². The highest BCUT2D eigenvalue weighted by Crippen LogP contribution is 2.28. The van der Waals surface area contributed by atoms with Gasteiger partial charge < -0.3 is 10.4 Å². The van der Waals surface area contributed by atoms with E-state index in [1.165, 1.54) is 38.5 Å². The van der Waals surface area contributed by atoms with E-state index in [4.69, 9.17) is 0 Å². The molecule has 1 saturated carbocycles. The molecule has 0 saturated heterocycles. The van der Waals surface area contributed by atoms with E-state index in [0.29, 0.717) is 6.42 Å². The maximum absolute atomic E-state index is 12.0. The van der Waals surface area contributed by atoms with Gasteiger partial charge in [-0.15, -0.1) is 0 Å². The predicted molar refractivity (Wildman–Crippen MR) is 86.1 cm³/mol. The van der Waals surface area contributed by atoms with E-state index in [1.807, 2.05) is 24.3 Å². The summed E-state index contributed by atoms with van der Waals surface area (Å²) in [6, 6.07) is 7.45. The minimum absolute atomic E-state index is 0.0545. The second kappa shape index (κ2) is 8.18. The van der Waals surface area contributed by atoms with Crippen molar-refractivity contribution in [3.63, 3.8) is 0 Å². The number of hydrogen-bond donors (Lipinski definition) is 2. The van der Waals surface area contributed by atoms with E-state index in [-0.39, 0.29) is 5.91 Å². The lowest BCUT2D eigenvalue weighted by molar-refractivity contribution is -0.116. The first-order chi connectivity index (χ1) is 10.2. The van der Waals surface area contributed by atoms with Crippen molar-refractivity contribution in [1.29, 1.82) is 0 Å². The quantitative estimate of drug-likeness (QED) is 0.814. The van der Waals surface area contributed by atoms with Crippen LogP contribution in [0.3, 0.4) is 0 Å². The topological polar surface area (TPSA) is 49.3 Å². The minimum Gasteiger partial charge on any atom is -0.389 e. The highest BCUT2D eigenvalue weighted by Gasteiger charge is 2.14. The summed E-state index contributed by atoms with van der Waals surface area (Å²) in [5.74, 6) is 0.884. The van der Waals surface area contributed by atoms with Crippen molar-refractivity contribution in [3.05, 3.63) is 29.8 Å². The lowest BCUT2D eigenvalue weighted by atomic mass is 9.86. The van der Waals surface area contributed by atoms with Gasteiger partial charge in [0, 0.05) is 17.7 Å². The number of carbonyl (C=O) groups is 1. The normalized spacial score (nSPS) is 17.4. The number of nitrogens with one attached hydrogen (secondary N) is 1. The Morgan fingerprint density at radius 2 is 2.00 bits per heavy atom. The Morgan fingerprint density at radius 3 is 2.71 bits per heavy atom. The molecule has 1 fully saturated rings. The Kier molecular flexibility index (Phi) is 6.24. The highest BCUT2D eigenvalue weighted by molar-refractivity contribution is 5.91. The van der Waals surface area contributed by atoms with Crippen molar-refractivity contribution in [1.82, 2.24) is 0 Å². The third kappa shape index (κ3) is 5.16. The summed E-state index contributed by atoms with van der Waals surface area (Å²) >= 11 is 0. The first kappa shape index (κ1) is 16.0. The molecule has 3 nitrogen and oxygen atoms in total. The molecule has 116 valence electrons. The summed E-state index contributed by atoms with van der Waals surface area (Å²) in [6.45, 7) is 1.72. The van der Waals surface area contributed by atoms with Gasteiger partial charge in [0.25, 0.3) is 0 Å². The molecule has 0 bridgehead atoms. The molecular weight excluding hydrogens is 262 g/mol. The van der Waals surface area contributed by atoms with Gasteiger partial charge >= 0.3 is 0 Å². The maximum Gasteiger partial charge on any atom is 0.224 e. The fourth-order valence-corrected chi connectivity index (χ4v) is 3.21. The van der Waals surface area contributed by atoms with Gasteiger partial charge in [0.1, 0.15) is 0 Å². The molecule has 2 N–H and O–H groups in total. The molecule has 1 aromatic rings. The van der Waals surface area contributed by atoms with E-state index >= 15 is 0 Å². The van der Waals surface area contributed by atoms with Crippen LogP contribution in [0.5, 0.6) is 0 Å². The summed E-state index contributed by atoms with van der Waals surface area (Å²) in [7, 11) is 0. The van der Waals surface area contributed by atoms with Gasteiger partial charge in [-0.25, -0.2) is 0 Å². The zero-order valence-corrected chi connectivity index (χ0v) is 13.0. The summed E-state index contributed by atoms with van der Waals surface area (Å²) in [4.78, 5) is 12.0. The molecule has 1 atom stereocenters. The van der Waals surface area contributed by atoms with Gasteiger partial charge in [-0.05, 0) is 31.7 Å². The van der Waals surface area contributed by atoms with Crippen molar-refractivity contribution in [2.24, 2.45) is 5.92 Å². The van der Waals surface area contributed by atoms with E-state index in [9.17, 15) is 9.90 Å². The molecule has 1 unspecified atom stereocenters. The van der Waals surface area contributed by atoms with Crippen LogP contribution in [0, 0.1) is 5.92 Å². The van der Waals surface area contributed by atoms with Gasteiger partial charge in [-0.1, -0.05) is 50.3 Å². The van der Waals surface area contributed by atoms with Crippen molar-refractivity contribution < 1.29 is 9.90 Å². The molecule has 3 heteroatoms. The van der Waals surface area contributed by atoms with Gasteiger partial charge in [0.15, 0.2) is 0 Å². The number of para-hydroxylation sites is 1. The molecular formula is C18H27NO2. The van der Waals surface area contributed by atoms with Gasteiger partial charge in [0.2, 0.25) is 5.91 Å². The molecule has 0 aromatic heterocycles. The van der Waals surface area contributed by atoms with Crippen LogP contribution in [0.15, 0.2) is 24.3 Å². The molecule has 1 aliphatic carbocycles. The van der Waals surface area contributed by atoms with Gasteiger partial charge in [-0.3, -0.25) is 4.79 Å². The standard InChI is InChI=1S/C18H27NO2/c1-14(20)16-11-5-6-12-17(16)19-18(21)13-7-10-15-8-3-2-4-9-15/h5-6,11-12,14-15,20H,2-4,7-10,13H2,1H3,(H,19,21). The zero-order chi connectivity index (χ0) is 15.1. The van der Waals surface area contributed by atoms with E-state index < -0.39 is 6.10 Å². The number of hydrogen-bond acceptors (Lipinski definition) is 2. The molecule has 2 rings (SSSR count). The second-order valence-corrected chi connectivity index (χ2v) is 6.21. The molecule has 1 aromatic carbocycles. The number of carbonyl (C=O) groups excluding carboxylic acids is 1. The van der Waals surface area contributed by atoms with Crippen molar-refractivity contribution in [2.75, 3.05) is 5.32 Å². The highest BCUT2D eigenvalue weighted by atomic mass is 16.3. The molecule has 1 aliphatic rings. The number of aliphatic hydroxyl groups excluding tert-OH is 1. The summed E-state index contributed by atoms with van der Waals surface area (Å²) < 4.78 is 0. The smallest absolute Gasteiger partial charge is 0.224 e. The fourth-order valence-electron chi connectivity index (χ4n) is 3.21. The first-order valence-corrected chi connectivity index (χ1v) is 8.23. The zero-order valence-electron chi connectivity index (χ0n) is 13.0. The minimum atomic E-state index is -0.566. The van der Waals surface area contributed by atoms with Gasteiger partial charge in [-0.2, -0.15) is 0 Å². The van der Waals surface area contributed by atoms with Crippen LogP contribution in [0.1, 0.15) is 70.0 Å². The lowest BCUT2D eigenvalue weighted by Crippen LogP contribution is -2.14. The number of anilines is 1. The molecule has 1 amide bonds. The summed E-state index contributed by atoms with van der Waals surface area (Å²) in [5, 5.41) is 12.6. The summed E-state index contributed by atoms with van der Waals surface area (Å²) in [6.07, 6.45) is 8.93. The van der Waals surface area contributed by atoms with Crippen molar-refractivity contribution in [3.8, 4) is 0 Å². The molecule has 0 heterocycles. The maximum atomic E-state index is 12.0. The average molecular weight is 289 g/mol. The van der Waals surface area contributed by atoms with Crippen LogP contribution in [0.2, 0.25) is 0 Å². The molecule has 0 spiro atoms. The molecule has 0 aliphatic heterocycles. The SMILES string of the molecule is CC(O)c1ccccc1NC(=O)CCCC1CCCCC1. The van der Waals surface area contributed by atoms with Crippen molar-refractivity contribution in [2.45, 2.75) is 64.4 Å². The molecule has 0 radical (unpaired) electrons. The van der Waals surface area contributed by atoms with Gasteiger partial charge in [0.05, 0.1) is 6.10 Å². The van der Waals surface area contributed by atoms with Crippen molar-refractivity contribution >= 4 is 11.6 Å². The first-order valence-electron chi connectivity index (χ1n) is 8.23. The van der Waals surface area contributed by atoms with E-state index in [1.54, 1.807) is 6.92 Å². The summed E-state index contributed by atoms with van der Waals surface area (Å²) in [5.41, 5.74) is 1.51. The van der Waals surface area contributed by atoms with Crippen LogP contribution in [-0.2, 0) is 4.79 Å². The Morgan fingerprint density at radius 1 is 1.29 bits per heavy atom. The Balaban J connectivity index is 1.76. The van der Waals surface area contributed by atoms with E-state index in [2.05, 4.69) is 5.32 Å². The van der Waals surface area contributed by atoms with E-state index in [0.717, 1.165) is 23.6 Å². The van der Waals surface area contributed by atoms with Crippen LogP contribution in [-0.4, -0.2) is 11.0 Å². The van der Waals surface area contributed by atoms with Crippen LogP contribution < -0.4 is 5.32 Å². The third-order valence-corrected chi connectivity index (χ3v) is 4.43. The second-order valence-electron chi connectivity index (χ2n) is 6.21. The Labute approximate surface area is 127 Å². The number of amides is 1. The number of aliphatic hydroxyl groups is 1. The number of rotatable bonds is 6. The molecule has 21 heavy (non-hydrogen) atoms. The largest absolute Gasteiger partial charge is 0.389 e. The monoisotopic (exact) mass is 289 g/mol. The average Bonchev–Trinajstić information content (AvgIpc) is 2.48.